The van der Waals surface area contributed by atoms with Gasteiger partial charge in [-0.15, -0.1) is 0 Å². The summed E-state index contributed by atoms with van der Waals surface area (Å²) >= 11 is 0. The molecule has 1 saturated heterocycles. The molecule has 0 aromatic heterocycles. The zero-order valence-electron chi connectivity index (χ0n) is 11.4. The van der Waals surface area contributed by atoms with Gasteiger partial charge in [-0.3, -0.25) is 0 Å². The van der Waals surface area contributed by atoms with Crippen LogP contribution in [0.2, 0.25) is 0 Å². The van der Waals surface area contributed by atoms with Gasteiger partial charge in [0.1, 0.15) is 0 Å². The number of aliphatic hydroxyl groups excluding tert-OH is 1. The monoisotopic (exact) mass is 244 g/mol. The number of rotatable bonds is 7. The predicted octanol–water partition coefficient (Wildman–Crippen LogP) is 0.750. The Balaban J connectivity index is 2.09. The van der Waals surface area contributed by atoms with E-state index in [0.29, 0.717) is 24.5 Å². The Morgan fingerprint density at radius 2 is 2.18 bits per heavy atom. The van der Waals surface area contributed by atoms with Gasteiger partial charge in [0.15, 0.2) is 0 Å². The third-order valence-corrected chi connectivity index (χ3v) is 3.08. The van der Waals surface area contributed by atoms with Gasteiger partial charge in [-0.2, -0.15) is 0 Å². The summed E-state index contributed by atoms with van der Waals surface area (Å²) in [6.07, 6.45) is 1.69. The highest BCUT2D eigenvalue weighted by atomic mass is 16.5. The first-order valence-corrected chi connectivity index (χ1v) is 6.80. The van der Waals surface area contributed by atoms with E-state index < -0.39 is 0 Å². The quantitative estimate of drug-likeness (QED) is 0.618. The second kappa shape index (κ2) is 8.03. The third-order valence-electron chi connectivity index (χ3n) is 3.08. The van der Waals surface area contributed by atoms with Crippen molar-refractivity contribution in [3.05, 3.63) is 0 Å². The molecule has 3 N–H and O–H groups in total. The summed E-state index contributed by atoms with van der Waals surface area (Å²) in [6.45, 7) is 9.70. The highest BCUT2D eigenvalue weighted by Gasteiger charge is 2.16. The van der Waals surface area contributed by atoms with Crippen LogP contribution < -0.4 is 10.6 Å². The molecular weight excluding hydrogens is 216 g/mol. The fourth-order valence-electron chi connectivity index (χ4n) is 2.25. The van der Waals surface area contributed by atoms with Crippen LogP contribution in [0.1, 0.15) is 33.6 Å². The minimum Gasteiger partial charge on any atom is -0.392 e. The number of aliphatic hydroxyl groups is 1. The molecule has 3 unspecified atom stereocenters. The number of morpholine rings is 1. The molecule has 0 spiro atoms. The van der Waals surface area contributed by atoms with Gasteiger partial charge < -0.3 is 20.5 Å². The number of hydrogen-bond donors (Lipinski definition) is 3. The van der Waals surface area contributed by atoms with Crippen molar-refractivity contribution in [2.75, 3.05) is 26.3 Å². The first-order chi connectivity index (χ1) is 8.08. The lowest BCUT2D eigenvalue weighted by molar-refractivity contribution is 0.0701. The van der Waals surface area contributed by atoms with Gasteiger partial charge in [0.2, 0.25) is 0 Å². The first kappa shape index (κ1) is 14.9. The number of ether oxygens (including phenoxy) is 1. The van der Waals surface area contributed by atoms with E-state index in [0.717, 1.165) is 32.6 Å². The van der Waals surface area contributed by atoms with E-state index in [1.807, 2.05) is 0 Å². The molecule has 0 saturated carbocycles. The van der Waals surface area contributed by atoms with Gasteiger partial charge in [0.25, 0.3) is 0 Å². The van der Waals surface area contributed by atoms with Crippen LogP contribution in [-0.4, -0.2) is 49.6 Å². The highest BCUT2D eigenvalue weighted by molar-refractivity contribution is 4.76. The second-order valence-electron chi connectivity index (χ2n) is 5.55. The Kier molecular flexibility index (Phi) is 7.04. The average molecular weight is 244 g/mol. The molecule has 0 amide bonds. The minimum atomic E-state index is -0.229. The molecule has 4 heteroatoms. The Morgan fingerprint density at radius 3 is 2.76 bits per heavy atom. The second-order valence-corrected chi connectivity index (χ2v) is 5.55. The van der Waals surface area contributed by atoms with Gasteiger partial charge in [-0.1, -0.05) is 13.8 Å². The molecule has 0 aromatic rings. The summed E-state index contributed by atoms with van der Waals surface area (Å²) < 4.78 is 5.42. The smallest absolute Gasteiger partial charge is 0.0667 e. The van der Waals surface area contributed by atoms with E-state index in [4.69, 9.17) is 4.74 Å². The fourth-order valence-corrected chi connectivity index (χ4v) is 2.25. The zero-order chi connectivity index (χ0) is 12.7. The van der Waals surface area contributed by atoms with Crippen molar-refractivity contribution in [2.45, 2.75) is 51.8 Å². The van der Waals surface area contributed by atoms with E-state index in [1.165, 1.54) is 0 Å². The van der Waals surface area contributed by atoms with Crippen molar-refractivity contribution in [1.82, 2.24) is 10.6 Å². The van der Waals surface area contributed by atoms with E-state index in [9.17, 15) is 5.11 Å². The predicted molar refractivity (Wildman–Crippen MR) is 70.2 cm³/mol. The topological polar surface area (TPSA) is 53.5 Å². The normalized spacial score (nSPS) is 24.9. The van der Waals surface area contributed by atoms with Crippen LogP contribution in [0.4, 0.5) is 0 Å². The lowest BCUT2D eigenvalue weighted by atomic mass is 10.0. The molecule has 1 aliphatic rings. The van der Waals surface area contributed by atoms with Crippen molar-refractivity contribution in [1.29, 1.82) is 0 Å². The summed E-state index contributed by atoms with van der Waals surface area (Å²) in [6, 6.07) is 0.865. The minimum absolute atomic E-state index is 0.229. The maximum absolute atomic E-state index is 9.77. The maximum atomic E-state index is 9.77. The van der Waals surface area contributed by atoms with Crippen LogP contribution in [0.15, 0.2) is 0 Å². The summed E-state index contributed by atoms with van der Waals surface area (Å²) in [5.41, 5.74) is 0. The van der Waals surface area contributed by atoms with Crippen LogP contribution in [0.3, 0.4) is 0 Å². The van der Waals surface area contributed by atoms with Gasteiger partial charge in [0.05, 0.1) is 19.3 Å². The van der Waals surface area contributed by atoms with Crippen LogP contribution >= 0.6 is 0 Å². The molecular formula is C13H28N2O2. The molecule has 1 heterocycles. The van der Waals surface area contributed by atoms with Gasteiger partial charge >= 0.3 is 0 Å². The van der Waals surface area contributed by atoms with Crippen LogP contribution in [0.5, 0.6) is 0 Å². The van der Waals surface area contributed by atoms with Crippen molar-refractivity contribution >= 4 is 0 Å². The van der Waals surface area contributed by atoms with Crippen LogP contribution in [0, 0.1) is 5.92 Å². The van der Waals surface area contributed by atoms with Crippen molar-refractivity contribution in [3.63, 3.8) is 0 Å². The van der Waals surface area contributed by atoms with E-state index in [2.05, 4.69) is 31.4 Å². The molecule has 0 bridgehead atoms. The van der Waals surface area contributed by atoms with Crippen LogP contribution in [-0.2, 0) is 4.74 Å². The van der Waals surface area contributed by atoms with E-state index in [1.54, 1.807) is 0 Å². The standard InChI is InChI=1S/C13H28N2O2/c1-10(2)6-13(16)8-15-11(3)7-12-9-17-5-4-14-12/h10-16H,4-9H2,1-3H3. The van der Waals surface area contributed by atoms with Gasteiger partial charge in [-0.25, -0.2) is 0 Å². The molecule has 1 rings (SSSR count). The zero-order valence-corrected chi connectivity index (χ0v) is 11.4. The van der Waals surface area contributed by atoms with Crippen molar-refractivity contribution in [3.8, 4) is 0 Å². The van der Waals surface area contributed by atoms with E-state index in [-0.39, 0.29) is 6.10 Å². The molecule has 102 valence electrons. The molecule has 1 fully saturated rings. The van der Waals surface area contributed by atoms with Crippen LogP contribution in [0.25, 0.3) is 0 Å². The molecule has 17 heavy (non-hydrogen) atoms. The molecule has 0 aliphatic carbocycles. The SMILES string of the molecule is CC(C)CC(O)CNC(C)CC1COCCN1. The van der Waals surface area contributed by atoms with Gasteiger partial charge in [0, 0.05) is 25.2 Å². The maximum Gasteiger partial charge on any atom is 0.0667 e. The molecule has 0 radical (unpaired) electrons. The Labute approximate surface area is 105 Å². The molecule has 3 atom stereocenters. The molecule has 4 nitrogen and oxygen atoms in total. The Morgan fingerprint density at radius 1 is 1.41 bits per heavy atom. The number of nitrogens with one attached hydrogen (secondary N) is 2. The molecule has 0 aromatic carbocycles. The Hall–Kier alpha value is -0.160. The number of hydrogen-bond acceptors (Lipinski definition) is 4. The van der Waals surface area contributed by atoms with Gasteiger partial charge in [-0.05, 0) is 25.7 Å². The largest absolute Gasteiger partial charge is 0.392 e. The highest BCUT2D eigenvalue weighted by Crippen LogP contribution is 2.05. The lowest BCUT2D eigenvalue weighted by Gasteiger charge is -2.27. The average Bonchev–Trinajstić information content (AvgIpc) is 2.27. The molecule has 1 aliphatic heterocycles. The lowest BCUT2D eigenvalue weighted by Crippen LogP contribution is -2.45. The summed E-state index contributed by atoms with van der Waals surface area (Å²) in [7, 11) is 0. The fraction of sp³-hybridized carbons (Fsp3) is 1.00. The Bertz CT molecular complexity index is 194. The third kappa shape index (κ3) is 6.99. The van der Waals surface area contributed by atoms with Crippen molar-refractivity contribution in [2.24, 2.45) is 5.92 Å². The summed E-state index contributed by atoms with van der Waals surface area (Å²) in [5.74, 6) is 0.551. The van der Waals surface area contributed by atoms with E-state index >= 15 is 0 Å². The first-order valence-electron chi connectivity index (χ1n) is 6.80. The summed E-state index contributed by atoms with van der Waals surface area (Å²) in [5, 5.41) is 16.6. The summed E-state index contributed by atoms with van der Waals surface area (Å²) in [4.78, 5) is 0. The van der Waals surface area contributed by atoms with Crippen molar-refractivity contribution < 1.29 is 9.84 Å².